The zero-order valence-electron chi connectivity index (χ0n) is 11.4. The third kappa shape index (κ3) is 3.75. The summed E-state index contributed by atoms with van der Waals surface area (Å²) >= 11 is 1.69. The molecule has 0 saturated carbocycles. The van der Waals surface area contributed by atoms with E-state index in [0.717, 1.165) is 24.5 Å². The van der Waals surface area contributed by atoms with E-state index in [1.54, 1.807) is 25.4 Å². The Balaban J connectivity index is 1.86. The van der Waals surface area contributed by atoms with Crippen molar-refractivity contribution in [3.63, 3.8) is 0 Å². The fraction of sp³-hybridized carbons (Fsp3) is 0.750. The molecule has 5 nitrogen and oxygen atoms in total. The van der Waals surface area contributed by atoms with Crippen LogP contribution in [0.4, 0.5) is 0 Å². The van der Waals surface area contributed by atoms with Crippen LogP contribution in [-0.4, -0.2) is 55.5 Å². The molecule has 1 aliphatic rings. The van der Waals surface area contributed by atoms with Crippen molar-refractivity contribution in [1.29, 1.82) is 0 Å². The smallest absolute Gasteiger partial charge is 0.213 e. The molecule has 7 heteroatoms. The summed E-state index contributed by atoms with van der Waals surface area (Å²) in [6, 6.07) is 0.391. The van der Waals surface area contributed by atoms with E-state index < -0.39 is 10.0 Å². The number of likely N-dealkylation sites (tertiary alicyclic amines) is 1. The molecule has 1 aromatic rings. The predicted octanol–water partition coefficient (Wildman–Crippen LogP) is 1.56. The van der Waals surface area contributed by atoms with Gasteiger partial charge in [-0.3, -0.25) is 4.90 Å². The van der Waals surface area contributed by atoms with Gasteiger partial charge in [0.05, 0.1) is 11.8 Å². The second-order valence-electron chi connectivity index (χ2n) is 5.02. The summed E-state index contributed by atoms with van der Waals surface area (Å²) in [5, 5.41) is 3.16. The third-order valence-corrected chi connectivity index (χ3v) is 6.30. The van der Waals surface area contributed by atoms with Gasteiger partial charge < -0.3 is 0 Å². The minimum atomic E-state index is -3.07. The summed E-state index contributed by atoms with van der Waals surface area (Å²) in [6.45, 7) is 1.88. The summed E-state index contributed by atoms with van der Waals surface area (Å²) < 4.78 is 24.7. The molecular formula is C12H21N3O2S2. The monoisotopic (exact) mass is 303 g/mol. The minimum Gasteiger partial charge on any atom is -0.294 e. The SMILES string of the molecule is CN(C)S(=O)(=O)CCCN1CCC[C@H]1c1nccs1. The number of nitrogens with zero attached hydrogens (tertiary/aromatic N) is 3. The molecule has 0 N–H and O–H groups in total. The van der Waals surface area contributed by atoms with Gasteiger partial charge in [-0.15, -0.1) is 11.3 Å². The van der Waals surface area contributed by atoms with Gasteiger partial charge in [-0.1, -0.05) is 0 Å². The third-order valence-electron chi connectivity index (χ3n) is 3.50. The molecule has 0 amide bonds. The molecule has 2 heterocycles. The quantitative estimate of drug-likeness (QED) is 0.800. The van der Waals surface area contributed by atoms with E-state index >= 15 is 0 Å². The molecule has 0 aromatic carbocycles. The van der Waals surface area contributed by atoms with Crippen LogP contribution < -0.4 is 0 Å². The molecule has 1 fully saturated rings. The van der Waals surface area contributed by atoms with Crippen LogP contribution in [-0.2, 0) is 10.0 Å². The Labute approximate surface area is 119 Å². The Morgan fingerprint density at radius 1 is 1.53 bits per heavy atom. The Morgan fingerprint density at radius 3 is 2.95 bits per heavy atom. The Bertz CT molecular complexity index is 485. The molecule has 108 valence electrons. The number of sulfonamides is 1. The van der Waals surface area contributed by atoms with Gasteiger partial charge in [0.2, 0.25) is 10.0 Å². The van der Waals surface area contributed by atoms with Gasteiger partial charge in [0.1, 0.15) is 5.01 Å². The molecule has 1 aliphatic heterocycles. The number of aromatic nitrogens is 1. The van der Waals surface area contributed by atoms with Crippen LogP contribution in [0, 0.1) is 0 Å². The maximum absolute atomic E-state index is 11.7. The highest BCUT2D eigenvalue weighted by molar-refractivity contribution is 7.89. The van der Waals surface area contributed by atoms with E-state index in [0.29, 0.717) is 12.5 Å². The second kappa shape index (κ2) is 6.30. The van der Waals surface area contributed by atoms with E-state index in [4.69, 9.17) is 0 Å². The maximum atomic E-state index is 11.7. The number of rotatable bonds is 6. The predicted molar refractivity (Wildman–Crippen MR) is 77.8 cm³/mol. The van der Waals surface area contributed by atoms with Crippen molar-refractivity contribution in [1.82, 2.24) is 14.2 Å². The van der Waals surface area contributed by atoms with Crippen LogP contribution in [0.3, 0.4) is 0 Å². The van der Waals surface area contributed by atoms with Crippen LogP contribution in [0.2, 0.25) is 0 Å². The average molecular weight is 303 g/mol. The normalized spacial score (nSPS) is 21.3. The lowest BCUT2D eigenvalue weighted by Crippen LogP contribution is -2.29. The van der Waals surface area contributed by atoms with Crippen LogP contribution in [0.1, 0.15) is 30.3 Å². The Morgan fingerprint density at radius 2 is 2.32 bits per heavy atom. The fourth-order valence-corrected chi connectivity index (χ4v) is 4.07. The Kier molecular flexibility index (Phi) is 4.94. The van der Waals surface area contributed by atoms with E-state index in [1.807, 2.05) is 11.6 Å². The topological polar surface area (TPSA) is 53.5 Å². The van der Waals surface area contributed by atoms with E-state index in [2.05, 4.69) is 9.88 Å². The molecule has 1 saturated heterocycles. The molecule has 0 aliphatic carbocycles. The van der Waals surface area contributed by atoms with Crippen molar-refractivity contribution >= 4 is 21.4 Å². The first-order valence-electron chi connectivity index (χ1n) is 6.54. The van der Waals surface area contributed by atoms with Gasteiger partial charge >= 0.3 is 0 Å². The van der Waals surface area contributed by atoms with E-state index in [1.165, 1.54) is 10.7 Å². The van der Waals surface area contributed by atoms with Gasteiger partial charge in [-0.05, 0) is 32.4 Å². The molecule has 0 unspecified atom stereocenters. The molecule has 0 bridgehead atoms. The van der Waals surface area contributed by atoms with Crippen molar-refractivity contribution in [3.05, 3.63) is 16.6 Å². The van der Waals surface area contributed by atoms with Gasteiger partial charge in [0.25, 0.3) is 0 Å². The van der Waals surface area contributed by atoms with Crippen molar-refractivity contribution in [3.8, 4) is 0 Å². The number of thiazole rings is 1. The summed E-state index contributed by atoms with van der Waals surface area (Å²) in [5.41, 5.74) is 0. The lowest BCUT2D eigenvalue weighted by Gasteiger charge is -2.22. The van der Waals surface area contributed by atoms with Crippen molar-refractivity contribution in [2.75, 3.05) is 32.9 Å². The molecule has 19 heavy (non-hydrogen) atoms. The molecule has 0 radical (unpaired) electrons. The average Bonchev–Trinajstić information content (AvgIpc) is 2.97. The molecule has 2 rings (SSSR count). The summed E-state index contributed by atoms with van der Waals surface area (Å²) in [7, 11) is 0.106. The molecule has 1 atom stereocenters. The van der Waals surface area contributed by atoms with Gasteiger partial charge in [0, 0.05) is 25.7 Å². The lowest BCUT2D eigenvalue weighted by atomic mass is 10.2. The largest absolute Gasteiger partial charge is 0.294 e. The first kappa shape index (κ1) is 14.9. The van der Waals surface area contributed by atoms with Gasteiger partial charge in [-0.2, -0.15) is 0 Å². The molecule has 0 spiro atoms. The second-order valence-corrected chi connectivity index (χ2v) is 8.24. The summed E-state index contributed by atoms with van der Waals surface area (Å²) in [4.78, 5) is 6.75. The fourth-order valence-electron chi connectivity index (χ4n) is 2.41. The van der Waals surface area contributed by atoms with Crippen LogP contribution >= 0.6 is 11.3 Å². The van der Waals surface area contributed by atoms with Crippen LogP contribution in [0.5, 0.6) is 0 Å². The highest BCUT2D eigenvalue weighted by atomic mass is 32.2. The standard InChI is InChI=1S/C12H21N3O2S2/c1-14(2)19(16,17)10-4-8-15-7-3-5-11(15)12-13-6-9-18-12/h6,9,11H,3-5,7-8,10H2,1-2H3/t11-/m0/s1. The van der Waals surface area contributed by atoms with Crippen LogP contribution in [0.25, 0.3) is 0 Å². The van der Waals surface area contributed by atoms with Crippen molar-refractivity contribution in [2.24, 2.45) is 0 Å². The highest BCUT2D eigenvalue weighted by Crippen LogP contribution is 2.32. The van der Waals surface area contributed by atoms with E-state index in [9.17, 15) is 8.42 Å². The number of hydrogen-bond acceptors (Lipinski definition) is 5. The number of hydrogen-bond donors (Lipinski definition) is 0. The first-order valence-corrected chi connectivity index (χ1v) is 9.03. The van der Waals surface area contributed by atoms with Crippen molar-refractivity contribution in [2.45, 2.75) is 25.3 Å². The van der Waals surface area contributed by atoms with E-state index in [-0.39, 0.29) is 5.75 Å². The highest BCUT2D eigenvalue weighted by Gasteiger charge is 2.27. The summed E-state index contributed by atoms with van der Waals surface area (Å²) in [6.07, 6.45) is 4.83. The molecular weight excluding hydrogens is 282 g/mol. The van der Waals surface area contributed by atoms with Crippen LogP contribution in [0.15, 0.2) is 11.6 Å². The zero-order valence-corrected chi connectivity index (χ0v) is 13.1. The minimum absolute atomic E-state index is 0.223. The zero-order chi connectivity index (χ0) is 13.9. The lowest BCUT2D eigenvalue weighted by molar-refractivity contribution is 0.257. The van der Waals surface area contributed by atoms with Gasteiger partial charge in [-0.25, -0.2) is 17.7 Å². The molecule has 1 aromatic heterocycles. The summed E-state index contributed by atoms with van der Waals surface area (Å²) in [5.74, 6) is 0.223. The maximum Gasteiger partial charge on any atom is 0.213 e. The van der Waals surface area contributed by atoms with Crippen molar-refractivity contribution < 1.29 is 8.42 Å². The van der Waals surface area contributed by atoms with Gasteiger partial charge in [0.15, 0.2) is 0 Å². The Hall–Kier alpha value is -0.500. The first-order chi connectivity index (χ1) is 9.00.